The van der Waals surface area contributed by atoms with E-state index in [1.807, 2.05) is 30.3 Å². The number of carbonyl (C=O) groups is 1. The van der Waals surface area contributed by atoms with Crippen molar-refractivity contribution in [2.75, 3.05) is 7.05 Å². The van der Waals surface area contributed by atoms with E-state index in [-0.39, 0.29) is 5.69 Å². The van der Waals surface area contributed by atoms with Crippen LogP contribution in [-0.2, 0) is 0 Å². The number of amides is 1. The number of hydrogen-bond donors (Lipinski definition) is 3. The van der Waals surface area contributed by atoms with E-state index < -0.39 is 5.91 Å². The van der Waals surface area contributed by atoms with Gasteiger partial charge >= 0.3 is 0 Å². The van der Waals surface area contributed by atoms with Gasteiger partial charge in [-0.05, 0) is 31.3 Å². The smallest absolute Gasteiger partial charge is 0.292 e. The van der Waals surface area contributed by atoms with Gasteiger partial charge < -0.3 is 5.32 Å². The fourth-order valence-electron chi connectivity index (χ4n) is 1.50. The molecular weight excluding hydrogens is 276 g/mol. The first-order valence-corrected chi connectivity index (χ1v) is 6.30. The lowest BCUT2D eigenvalue weighted by Crippen LogP contribution is -2.45. The number of hydrazine groups is 1. The zero-order chi connectivity index (χ0) is 14.5. The van der Waals surface area contributed by atoms with Crippen LogP contribution in [0.3, 0.4) is 0 Å². The van der Waals surface area contributed by atoms with Crippen LogP contribution in [0.2, 0.25) is 0 Å². The van der Waals surface area contributed by atoms with Gasteiger partial charge in [-0.15, -0.1) is 5.10 Å². The van der Waals surface area contributed by atoms with Crippen LogP contribution in [0.1, 0.15) is 16.2 Å². The lowest BCUT2D eigenvalue weighted by atomic mass is 10.3. The molecule has 0 aliphatic heterocycles. The Balaban J connectivity index is 2.15. The third kappa shape index (κ3) is 3.09. The molecular formula is C12H14N6OS. The molecule has 0 atom stereocenters. The van der Waals surface area contributed by atoms with E-state index >= 15 is 0 Å². The molecule has 0 radical (unpaired) electrons. The lowest BCUT2D eigenvalue weighted by molar-refractivity contribution is 0.0937. The second-order valence-electron chi connectivity index (χ2n) is 3.92. The van der Waals surface area contributed by atoms with Crippen LogP contribution >= 0.6 is 12.2 Å². The molecule has 1 aromatic heterocycles. The van der Waals surface area contributed by atoms with Gasteiger partial charge in [-0.3, -0.25) is 15.6 Å². The number of aromatic nitrogens is 3. The largest absolute Gasteiger partial charge is 0.364 e. The lowest BCUT2D eigenvalue weighted by Gasteiger charge is -2.07. The van der Waals surface area contributed by atoms with Gasteiger partial charge in [0.25, 0.3) is 5.91 Å². The molecule has 0 unspecified atom stereocenters. The second-order valence-corrected chi connectivity index (χ2v) is 4.33. The highest BCUT2D eigenvalue weighted by atomic mass is 32.1. The number of hydrogen-bond acceptors (Lipinski definition) is 4. The molecule has 1 amide bonds. The van der Waals surface area contributed by atoms with E-state index in [0.717, 1.165) is 5.69 Å². The molecule has 20 heavy (non-hydrogen) atoms. The normalized spacial score (nSPS) is 9.90. The van der Waals surface area contributed by atoms with Crippen molar-refractivity contribution >= 4 is 23.2 Å². The van der Waals surface area contributed by atoms with Crippen molar-refractivity contribution in [1.82, 2.24) is 31.2 Å². The predicted octanol–water partition coefficient (Wildman–Crippen LogP) is 0.314. The molecule has 0 aliphatic rings. The maximum Gasteiger partial charge on any atom is 0.292 e. The van der Waals surface area contributed by atoms with E-state index in [0.29, 0.717) is 10.8 Å². The van der Waals surface area contributed by atoms with Crippen LogP contribution in [0.15, 0.2) is 30.3 Å². The van der Waals surface area contributed by atoms with E-state index in [1.54, 1.807) is 14.0 Å². The molecule has 0 bridgehead atoms. The fourth-order valence-corrected chi connectivity index (χ4v) is 1.55. The fraction of sp³-hybridized carbons (Fsp3) is 0.167. The molecule has 1 heterocycles. The number of carbonyl (C=O) groups excluding carboxylic acids is 1. The zero-order valence-corrected chi connectivity index (χ0v) is 11.9. The van der Waals surface area contributed by atoms with Crippen LogP contribution < -0.4 is 16.2 Å². The van der Waals surface area contributed by atoms with E-state index in [1.165, 1.54) is 4.80 Å². The minimum atomic E-state index is -0.401. The van der Waals surface area contributed by atoms with E-state index in [9.17, 15) is 4.79 Å². The van der Waals surface area contributed by atoms with Crippen molar-refractivity contribution in [1.29, 1.82) is 0 Å². The number of aryl methyl sites for hydroxylation is 1. The third-order valence-electron chi connectivity index (χ3n) is 2.50. The monoisotopic (exact) mass is 290 g/mol. The summed E-state index contributed by atoms with van der Waals surface area (Å²) in [5.41, 5.74) is 6.55. The number of nitrogens with zero attached hydrogens (tertiary/aromatic N) is 3. The Kier molecular flexibility index (Phi) is 4.26. The Hall–Kier alpha value is -2.48. The Morgan fingerprint density at radius 2 is 1.90 bits per heavy atom. The van der Waals surface area contributed by atoms with Crippen LogP contribution in [0, 0.1) is 6.92 Å². The summed E-state index contributed by atoms with van der Waals surface area (Å²) in [6.07, 6.45) is 0. The molecule has 104 valence electrons. The van der Waals surface area contributed by atoms with Crippen molar-refractivity contribution in [3.05, 3.63) is 41.7 Å². The van der Waals surface area contributed by atoms with Gasteiger partial charge in [0.1, 0.15) is 0 Å². The molecule has 2 rings (SSSR count). The molecule has 1 aromatic carbocycles. The number of rotatable bonds is 2. The van der Waals surface area contributed by atoms with E-state index in [2.05, 4.69) is 26.4 Å². The standard InChI is InChI=1S/C12H14N6OS/c1-8-10(11(19)14-15-12(20)13-2)17-18(16-8)9-6-4-3-5-7-9/h3-7H,1-2H3,(H,14,19)(H2,13,15,20). The third-order valence-corrected chi connectivity index (χ3v) is 2.81. The van der Waals surface area contributed by atoms with Crippen molar-refractivity contribution in [2.45, 2.75) is 6.92 Å². The number of benzene rings is 1. The first-order valence-electron chi connectivity index (χ1n) is 5.89. The van der Waals surface area contributed by atoms with Gasteiger partial charge in [-0.2, -0.15) is 9.90 Å². The van der Waals surface area contributed by atoms with Crippen LogP contribution in [-0.4, -0.2) is 33.1 Å². The first kappa shape index (κ1) is 13.9. The Morgan fingerprint density at radius 3 is 2.55 bits per heavy atom. The average Bonchev–Trinajstić information content (AvgIpc) is 2.87. The quantitative estimate of drug-likeness (QED) is 0.545. The molecule has 0 aliphatic carbocycles. The summed E-state index contributed by atoms with van der Waals surface area (Å²) in [6, 6.07) is 9.36. The summed E-state index contributed by atoms with van der Waals surface area (Å²) >= 11 is 4.86. The van der Waals surface area contributed by atoms with Gasteiger partial charge in [0.15, 0.2) is 10.8 Å². The van der Waals surface area contributed by atoms with Gasteiger partial charge in [-0.25, -0.2) is 0 Å². The summed E-state index contributed by atoms with van der Waals surface area (Å²) in [7, 11) is 1.65. The highest BCUT2D eigenvalue weighted by Gasteiger charge is 2.16. The number of thiocarbonyl (C=S) groups is 1. The van der Waals surface area contributed by atoms with Crippen LogP contribution in [0.25, 0.3) is 5.69 Å². The predicted molar refractivity (Wildman–Crippen MR) is 78.4 cm³/mol. The van der Waals surface area contributed by atoms with Gasteiger partial charge in [0.2, 0.25) is 0 Å². The molecule has 3 N–H and O–H groups in total. The Morgan fingerprint density at radius 1 is 1.20 bits per heavy atom. The van der Waals surface area contributed by atoms with Crippen molar-refractivity contribution in [2.24, 2.45) is 0 Å². The summed E-state index contributed by atoms with van der Waals surface area (Å²) in [6.45, 7) is 1.72. The first-order chi connectivity index (χ1) is 9.61. The minimum absolute atomic E-state index is 0.236. The van der Waals surface area contributed by atoms with Crippen LogP contribution in [0.4, 0.5) is 0 Å². The molecule has 2 aromatic rings. The summed E-state index contributed by atoms with van der Waals surface area (Å²) in [4.78, 5) is 13.4. The maximum atomic E-state index is 12.0. The number of para-hydroxylation sites is 1. The summed E-state index contributed by atoms with van der Waals surface area (Å²) in [5.74, 6) is -0.401. The van der Waals surface area contributed by atoms with Crippen molar-refractivity contribution in [3.63, 3.8) is 0 Å². The second kappa shape index (κ2) is 6.11. The Bertz CT molecular complexity index is 624. The van der Waals surface area contributed by atoms with E-state index in [4.69, 9.17) is 12.2 Å². The highest BCUT2D eigenvalue weighted by molar-refractivity contribution is 7.80. The molecule has 0 fully saturated rings. The van der Waals surface area contributed by atoms with Gasteiger partial charge in [-0.1, -0.05) is 18.2 Å². The SMILES string of the molecule is CNC(=S)NNC(=O)c1nn(-c2ccccc2)nc1C. The molecule has 8 heteroatoms. The number of nitrogens with one attached hydrogen (secondary N) is 3. The Labute approximate surface area is 121 Å². The summed E-state index contributed by atoms with van der Waals surface area (Å²) in [5, 5.41) is 11.4. The summed E-state index contributed by atoms with van der Waals surface area (Å²) < 4.78 is 0. The highest BCUT2D eigenvalue weighted by Crippen LogP contribution is 2.07. The average molecular weight is 290 g/mol. The molecule has 7 nitrogen and oxygen atoms in total. The van der Waals surface area contributed by atoms with Crippen molar-refractivity contribution < 1.29 is 4.79 Å². The van der Waals surface area contributed by atoms with Crippen LogP contribution in [0.5, 0.6) is 0 Å². The topological polar surface area (TPSA) is 83.9 Å². The molecule has 0 saturated carbocycles. The maximum absolute atomic E-state index is 12.0. The van der Waals surface area contributed by atoms with Gasteiger partial charge in [0.05, 0.1) is 11.4 Å². The molecule has 0 spiro atoms. The molecule has 0 saturated heterocycles. The van der Waals surface area contributed by atoms with Gasteiger partial charge in [0, 0.05) is 7.05 Å². The minimum Gasteiger partial charge on any atom is -0.364 e. The zero-order valence-electron chi connectivity index (χ0n) is 11.0. The van der Waals surface area contributed by atoms with Crippen molar-refractivity contribution in [3.8, 4) is 5.69 Å².